The van der Waals surface area contributed by atoms with Crippen molar-refractivity contribution in [3.63, 3.8) is 0 Å². The number of halogens is 1. The molecule has 3 nitrogen and oxygen atoms in total. The molecular weight excluding hydrogens is 254 g/mol. The molecule has 0 amide bonds. The van der Waals surface area contributed by atoms with E-state index in [4.69, 9.17) is 16.9 Å². The first-order chi connectivity index (χ1) is 8.17. The fraction of sp³-hybridized carbons (Fsp3) is 0.333. The second-order valence-corrected chi connectivity index (χ2v) is 4.93. The number of rotatable bonds is 2. The maximum atomic E-state index is 7.32. The number of nitriles is 1. The van der Waals surface area contributed by atoms with Gasteiger partial charge in [0.1, 0.15) is 5.15 Å². The van der Waals surface area contributed by atoms with Crippen molar-refractivity contribution in [1.29, 1.82) is 5.26 Å². The zero-order valence-corrected chi connectivity index (χ0v) is 11.3. The lowest BCUT2D eigenvalue weighted by atomic mass is 10.3. The number of hydrogen-bond donors (Lipinski definition) is 0. The molecule has 90 valence electrons. The molecule has 0 unspecified atom stereocenters. The molecular formula is C12H14ClN3S. The van der Waals surface area contributed by atoms with Gasteiger partial charge in [0.15, 0.2) is 0 Å². The number of thioether (sulfide) groups is 1. The molecule has 0 bridgehead atoms. The molecule has 2 heterocycles. The lowest BCUT2D eigenvalue weighted by Crippen LogP contribution is -2.16. The van der Waals surface area contributed by atoms with Gasteiger partial charge in [0.2, 0.25) is 0 Å². The second kappa shape index (κ2) is 7.21. The van der Waals surface area contributed by atoms with Gasteiger partial charge in [-0.05, 0) is 11.6 Å². The maximum absolute atomic E-state index is 7.32. The minimum Gasteiger partial charge on any atom is -0.362 e. The summed E-state index contributed by atoms with van der Waals surface area (Å²) in [4.78, 5) is 6.31. The second-order valence-electron chi connectivity index (χ2n) is 3.38. The normalized spacial score (nSPS) is 13.9. The molecule has 17 heavy (non-hydrogen) atoms. The van der Waals surface area contributed by atoms with Crippen LogP contribution in [0, 0.1) is 11.3 Å². The Morgan fingerprint density at radius 2 is 2.35 bits per heavy atom. The Labute approximate surface area is 111 Å². The van der Waals surface area contributed by atoms with Crippen molar-refractivity contribution in [2.45, 2.75) is 13.5 Å². The first-order valence-corrected chi connectivity index (χ1v) is 6.51. The van der Waals surface area contributed by atoms with Crippen molar-refractivity contribution in [2.24, 2.45) is 0 Å². The molecule has 0 aromatic carbocycles. The maximum Gasteiger partial charge on any atom is 0.129 e. The van der Waals surface area contributed by atoms with Crippen LogP contribution in [-0.2, 0) is 6.54 Å². The third-order valence-electron chi connectivity index (χ3n) is 2.14. The van der Waals surface area contributed by atoms with Crippen molar-refractivity contribution in [3.8, 4) is 6.07 Å². The number of aromatic nitrogens is 1. The Balaban J connectivity index is 0.000000437. The Morgan fingerprint density at radius 1 is 1.65 bits per heavy atom. The van der Waals surface area contributed by atoms with Crippen LogP contribution in [0.25, 0.3) is 0 Å². The number of nitrogens with zero attached hydrogens (tertiary/aromatic N) is 3. The molecule has 2 rings (SSSR count). The van der Waals surface area contributed by atoms with Crippen LogP contribution in [0.2, 0.25) is 5.15 Å². The fourth-order valence-corrected chi connectivity index (χ4v) is 2.37. The van der Waals surface area contributed by atoms with Gasteiger partial charge in [0, 0.05) is 32.0 Å². The van der Waals surface area contributed by atoms with E-state index in [0.717, 1.165) is 23.9 Å². The third kappa shape index (κ3) is 4.68. The highest BCUT2D eigenvalue weighted by Crippen LogP contribution is 2.27. The predicted octanol–water partition coefficient (Wildman–Crippen LogP) is 3.28. The summed E-state index contributed by atoms with van der Waals surface area (Å²) in [5, 5.41) is 9.02. The van der Waals surface area contributed by atoms with Crippen molar-refractivity contribution in [1.82, 2.24) is 9.88 Å². The summed E-state index contributed by atoms with van der Waals surface area (Å²) in [5.74, 6) is 1.14. The van der Waals surface area contributed by atoms with Gasteiger partial charge in [-0.2, -0.15) is 5.26 Å². The number of hydrogen-bond acceptors (Lipinski definition) is 4. The molecule has 0 N–H and O–H groups in total. The number of pyridine rings is 1. The van der Waals surface area contributed by atoms with Crippen LogP contribution in [-0.4, -0.2) is 22.2 Å². The molecule has 1 fully saturated rings. The van der Waals surface area contributed by atoms with E-state index in [9.17, 15) is 0 Å². The van der Waals surface area contributed by atoms with E-state index in [0.29, 0.717) is 5.15 Å². The van der Waals surface area contributed by atoms with Crippen LogP contribution in [0.3, 0.4) is 0 Å². The highest BCUT2D eigenvalue weighted by atomic mass is 35.5. The van der Waals surface area contributed by atoms with E-state index in [2.05, 4.69) is 16.5 Å². The summed E-state index contributed by atoms with van der Waals surface area (Å²) >= 11 is 7.52. The lowest BCUT2D eigenvalue weighted by Gasteiger charge is -2.17. The smallest absolute Gasteiger partial charge is 0.129 e. The van der Waals surface area contributed by atoms with E-state index >= 15 is 0 Å². The minimum absolute atomic E-state index is 0.545. The van der Waals surface area contributed by atoms with Gasteiger partial charge in [-0.1, -0.05) is 24.2 Å². The third-order valence-corrected chi connectivity index (χ3v) is 3.35. The molecule has 0 aliphatic carbocycles. The highest BCUT2D eigenvalue weighted by Gasteiger charge is 2.15. The molecule has 0 spiro atoms. The summed E-state index contributed by atoms with van der Waals surface area (Å²) in [7, 11) is 0. The Morgan fingerprint density at radius 3 is 2.82 bits per heavy atom. The SMILES string of the molecule is C=C1SCCN1Cc1ccc(Cl)nc1.CC#N. The van der Waals surface area contributed by atoms with E-state index in [1.165, 1.54) is 12.5 Å². The van der Waals surface area contributed by atoms with Gasteiger partial charge in [-0.15, -0.1) is 11.8 Å². The molecule has 1 saturated heterocycles. The van der Waals surface area contributed by atoms with Crippen LogP contribution in [0.5, 0.6) is 0 Å². The van der Waals surface area contributed by atoms with Crippen molar-refractivity contribution in [2.75, 3.05) is 12.3 Å². The molecule has 0 atom stereocenters. The van der Waals surface area contributed by atoms with Crippen LogP contribution < -0.4 is 0 Å². The zero-order chi connectivity index (χ0) is 12.7. The largest absolute Gasteiger partial charge is 0.362 e. The van der Waals surface area contributed by atoms with Gasteiger partial charge in [-0.25, -0.2) is 4.98 Å². The summed E-state index contributed by atoms with van der Waals surface area (Å²) in [6, 6.07) is 5.58. The van der Waals surface area contributed by atoms with Crippen molar-refractivity contribution in [3.05, 3.63) is 40.7 Å². The standard InChI is InChI=1S/C10H11ClN2S.C2H3N/c1-8-13(4-5-14-8)7-9-2-3-10(11)12-6-9;1-2-3/h2-3,6H,1,4-5,7H2;1H3. The highest BCUT2D eigenvalue weighted by molar-refractivity contribution is 8.03. The Kier molecular flexibility index (Phi) is 5.88. The molecule has 1 aliphatic rings. The van der Waals surface area contributed by atoms with E-state index in [1.54, 1.807) is 6.07 Å². The first-order valence-electron chi connectivity index (χ1n) is 5.15. The molecule has 5 heteroatoms. The summed E-state index contributed by atoms with van der Waals surface area (Å²) in [5.41, 5.74) is 1.18. The molecule has 0 saturated carbocycles. The van der Waals surface area contributed by atoms with Crippen LogP contribution in [0.15, 0.2) is 29.9 Å². The molecule has 0 radical (unpaired) electrons. The van der Waals surface area contributed by atoms with E-state index in [1.807, 2.05) is 30.1 Å². The summed E-state index contributed by atoms with van der Waals surface area (Å²) in [6.07, 6.45) is 1.82. The summed E-state index contributed by atoms with van der Waals surface area (Å²) in [6.45, 7) is 7.38. The topological polar surface area (TPSA) is 39.9 Å². The molecule has 1 aliphatic heterocycles. The Hall–Kier alpha value is -1.18. The van der Waals surface area contributed by atoms with Gasteiger partial charge in [0.05, 0.1) is 11.1 Å². The van der Waals surface area contributed by atoms with Gasteiger partial charge in [0.25, 0.3) is 0 Å². The van der Waals surface area contributed by atoms with Crippen molar-refractivity contribution >= 4 is 23.4 Å². The van der Waals surface area contributed by atoms with Gasteiger partial charge in [-0.3, -0.25) is 0 Å². The summed E-state index contributed by atoms with van der Waals surface area (Å²) < 4.78 is 0. The average molecular weight is 268 g/mol. The van der Waals surface area contributed by atoms with Gasteiger partial charge >= 0.3 is 0 Å². The van der Waals surface area contributed by atoms with Crippen LogP contribution in [0.1, 0.15) is 12.5 Å². The van der Waals surface area contributed by atoms with Crippen molar-refractivity contribution < 1.29 is 0 Å². The van der Waals surface area contributed by atoms with E-state index < -0.39 is 0 Å². The Bertz CT molecular complexity index is 411. The van der Waals surface area contributed by atoms with Crippen LogP contribution in [0.4, 0.5) is 0 Å². The lowest BCUT2D eigenvalue weighted by molar-refractivity contribution is 0.397. The van der Waals surface area contributed by atoms with Gasteiger partial charge < -0.3 is 4.90 Å². The average Bonchev–Trinajstić information content (AvgIpc) is 2.69. The predicted molar refractivity (Wildman–Crippen MR) is 72.5 cm³/mol. The molecule has 1 aromatic heterocycles. The zero-order valence-electron chi connectivity index (χ0n) is 9.69. The minimum atomic E-state index is 0.545. The van der Waals surface area contributed by atoms with Crippen LogP contribution >= 0.6 is 23.4 Å². The fourth-order valence-electron chi connectivity index (χ4n) is 1.38. The molecule has 1 aromatic rings. The monoisotopic (exact) mass is 267 g/mol. The first kappa shape index (κ1) is 13.9. The van der Waals surface area contributed by atoms with E-state index in [-0.39, 0.29) is 0 Å². The quantitative estimate of drug-likeness (QED) is 0.771.